The van der Waals surface area contributed by atoms with Crippen LogP contribution in [0.3, 0.4) is 0 Å². The number of hydrogen-bond donors (Lipinski definition) is 0. The van der Waals surface area contributed by atoms with Gasteiger partial charge in [0.2, 0.25) is 5.78 Å². The van der Waals surface area contributed by atoms with Crippen molar-refractivity contribution in [3.63, 3.8) is 0 Å². The number of carbonyl (C=O) groups is 1. The minimum Gasteiger partial charge on any atom is -0.466 e. The van der Waals surface area contributed by atoms with E-state index in [9.17, 15) is 4.79 Å². The van der Waals surface area contributed by atoms with Crippen LogP contribution in [0.2, 0.25) is 0 Å². The molecule has 0 aliphatic heterocycles. The van der Waals surface area contributed by atoms with Crippen LogP contribution in [0.25, 0.3) is 0 Å². The SMILES string of the molecule is Cc1oc(C)c(C(=O)c2sccc2Br)c1C. The first kappa shape index (κ1) is 11.6. The van der Waals surface area contributed by atoms with Crippen molar-refractivity contribution < 1.29 is 9.21 Å². The first-order valence-electron chi connectivity index (χ1n) is 4.86. The Morgan fingerprint density at radius 3 is 2.44 bits per heavy atom. The van der Waals surface area contributed by atoms with Crippen LogP contribution in [-0.2, 0) is 0 Å². The minimum atomic E-state index is 0.0359. The molecule has 0 unspecified atom stereocenters. The number of carbonyl (C=O) groups excluding carboxylic acids is 1. The van der Waals surface area contributed by atoms with Crippen molar-refractivity contribution in [1.29, 1.82) is 0 Å². The van der Waals surface area contributed by atoms with Crippen molar-refractivity contribution in [3.05, 3.63) is 43.4 Å². The zero-order valence-corrected chi connectivity index (χ0v) is 11.7. The molecule has 2 aromatic rings. The third-order valence-electron chi connectivity index (χ3n) is 2.61. The van der Waals surface area contributed by atoms with Crippen molar-refractivity contribution >= 4 is 33.0 Å². The van der Waals surface area contributed by atoms with Crippen LogP contribution in [0, 0.1) is 20.8 Å². The van der Waals surface area contributed by atoms with Gasteiger partial charge in [-0.25, -0.2) is 0 Å². The van der Waals surface area contributed by atoms with Crippen molar-refractivity contribution in [3.8, 4) is 0 Å². The monoisotopic (exact) mass is 298 g/mol. The van der Waals surface area contributed by atoms with E-state index in [0.29, 0.717) is 11.3 Å². The normalized spacial score (nSPS) is 10.8. The zero-order chi connectivity index (χ0) is 11.9. The number of halogens is 1. The van der Waals surface area contributed by atoms with Gasteiger partial charge < -0.3 is 4.42 Å². The highest BCUT2D eigenvalue weighted by Crippen LogP contribution is 2.29. The van der Waals surface area contributed by atoms with E-state index in [1.807, 2.05) is 32.2 Å². The summed E-state index contributed by atoms with van der Waals surface area (Å²) in [5.74, 6) is 1.54. The molecule has 0 fully saturated rings. The molecule has 2 heterocycles. The van der Waals surface area contributed by atoms with Gasteiger partial charge in [0.15, 0.2) is 0 Å². The Kier molecular flexibility index (Phi) is 3.04. The molecule has 0 bridgehead atoms. The van der Waals surface area contributed by atoms with Crippen LogP contribution in [0.4, 0.5) is 0 Å². The van der Waals surface area contributed by atoms with Crippen LogP contribution in [0.1, 0.15) is 32.3 Å². The molecule has 16 heavy (non-hydrogen) atoms. The van der Waals surface area contributed by atoms with Gasteiger partial charge in [-0.15, -0.1) is 11.3 Å². The lowest BCUT2D eigenvalue weighted by Gasteiger charge is -1.98. The molecule has 0 radical (unpaired) electrons. The Labute approximate surface area is 106 Å². The van der Waals surface area contributed by atoms with E-state index in [1.165, 1.54) is 11.3 Å². The lowest BCUT2D eigenvalue weighted by molar-refractivity contribution is 0.104. The number of hydrogen-bond acceptors (Lipinski definition) is 3. The van der Waals surface area contributed by atoms with E-state index >= 15 is 0 Å². The van der Waals surface area contributed by atoms with Gasteiger partial charge in [-0.1, -0.05) is 0 Å². The highest BCUT2D eigenvalue weighted by Gasteiger charge is 2.22. The van der Waals surface area contributed by atoms with Gasteiger partial charge >= 0.3 is 0 Å². The maximum atomic E-state index is 12.3. The number of thiophene rings is 1. The lowest BCUT2D eigenvalue weighted by Crippen LogP contribution is -2.02. The summed E-state index contributed by atoms with van der Waals surface area (Å²) in [5, 5.41) is 1.90. The van der Waals surface area contributed by atoms with Gasteiger partial charge in [-0.05, 0) is 48.1 Å². The van der Waals surface area contributed by atoms with E-state index in [0.717, 1.165) is 20.7 Å². The van der Waals surface area contributed by atoms with Crippen molar-refractivity contribution in [2.24, 2.45) is 0 Å². The fraction of sp³-hybridized carbons (Fsp3) is 0.250. The second kappa shape index (κ2) is 4.18. The van der Waals surface area contributed by atoms with Gasteiger partial charge in [0.25, 0.3) is 0 Å². The molecule has 0 N–H and O–H groups in total. The first-order valence-corrected chi connectivity index (χ1v) is 6.54. The second-order valence-corrected chi connectivity index (χ2v) is 5.41. The number of aryl methyl sites for hydroxylation is 2. The Morgan fingerprint density at radius 1 is 1.31 bits per heavy atom. The van der Waals surface area contributed by atoms with Gasteiger partial charge in [0.05, 0.1) is 10.4 Å². The molecule has 2 nitrogen and oxygen atoms in total. The molecule has 0 saturated heterocycles. The van der Waals surface area contributed by atoms with Crippen LogP contribution in [0.15, 0.2) is 20.3 Å². The molecule has 4 heteroatoms. The van der Waals surface area contributed by atoms with E-state index in [4.69, 9.17) is 4.42 Å². The van der Waals surface area contributed by atoms with Crippen molar-refractivity contribution in [2.75, 3.05) is 0 Å². The first-order chi connectivity index (χ1) is 7.52. The van der Waals surface area contributed by atoms with Crippen LogP contribution in [0.5, 0.6) is 0 Å². The van der Waals surface area contributed by atoms with Gasteiger partial charge in [-0.2, -0.15) is 0 Å². The molecule has 0 spiro atoms. The molecule has 0 amide bonds. The average Bonchev–Trinajstić information content (AvgIpc) is 2.73. The van der Waals surface area contributed by atoms with Crippen LogP contribution in [-0.4, -0.2) is 5.78 Å². The summed E-state index contributed by atoms with van der Waals surface area (Å²) in [6.07, 6.45) is 0. The smallest absolute Gasteiger partial charge is 0.207 e. The number of furan rings is 1. The summed E-state index contributed by atoms with van der Waals surface area (Å²) in [6.45, 7) is 5.62. The Morgan fingerprint density at radius 2 is 2.00 bits per heavy atom. The standard InChI is InChI=1S/C12H11BrO2S/c1-6-7(2)15-8(3)10(6)11(14)12-9(13)4-5-16-12/h4-5H,1-3H3. The molecular formula is C12H11BrO2S. The summed E-state index contributed by atoms with van der Waals surface area (Å²) >= 11 is 4.82. The van der Waals surface area contributed by atoms with E-state index < -0.39 is 0 Å². The largest absolute Gasteiger partial charge is 0.466 e. The molecule has 0 saturated carbocycles. The maximum Gasteiger partial charge on any atom is 0.207 e. The Balaban J connectivity index is 2.54. The lowest BCUT2D eigenvalue weighted by atomic mass is 10.1. The quantitative estimate of drug-likeness (QED) is 0.776. The molecule has 2 aromatic heterocycles. The fourth-order valence-corrected chi connectivity index (χ4v) is 3.19. The Hall–Kier alpha value is -0.870. The number of ketones is 1. The number of rotatable bonds is 2. The highest BCUT2D eigenvalue weighted by molar-refractivity contribution is 9.10. The predicted octanol–water partition coefficient (Wildman–Crippen LogP) is 4.26. The molecule has 84 valence electrons. The van der Waals surface area contributed by atoms with Crippen LogP contribution >= 0.6 is 27.3 Å². The van der Waals surface area contributed by atoms with Gasteiger partial charge in [0, 0.05) is 10.0 Å². The molecule has 0 aromatic carbocycles. The molecule has 0 atom stereocenters. The molecule has 0 aliphatic carbocycles. The predicted molar refractivity (Wildman–Crippen MR) is 68.4 cm³/mol. The molecule has 0 aliphatic rings. The van der Waals surface area contributed by atoms with E-state index in [1.54, 1.807) is 0 Å². The average molecular weight is 299 g/mol. The minimum absolute atomic E-state index is 0.0359. The van der Waals surface area contributed by atoms with Crippen molar-refractivity contribution in [1.82, 2.24) is 0 Å². The van der Waals surface area contributed by atoms with Gasteiger partial charge in [-0.3, -0.25) is 4.79 Å². The van der Waals surface area contributed by atoms with E-state index in [2.05, 4.69) is 15.9 Å². The third-order valence-corrected chi connectivity index (χ3v) is 4.45. The summed E-state index contributed by atoms with van der Waals surface area (Å²) in [5.41, 5.74) is 1.63. The third kappa shape index (κ3) is 1.76. The van der Waals surface area contributed by atoms with Gasteiger partial charge in [0.1, 0.15) is 11.5 Å². The summed E-state index contributed by atoms with van der Waals surface area (Å²) < 4.78 is 6.32. The fourth-order valence-electron chi connectivity index (χ4n) is 1.70. The zero-order valence-electron chi connectivity index (χ0n) is 9.26. The van der Waals surface area contributed by atoms with E-state index in [-0.39, 0.29) is 5.78 Å². The maximum absolute atomic E-state index is 12.3. The highest BCUT2D eigenvalue weighted by atomic mass is 79.9. The molecular weight excluding hydrogens is 288 g/mol. The summed E-state index contributed by atoms with van der Waals surface area (Å²) in [7, 11) is 0. The second-order valence-electron chi connectivity index (χ2n) is 3.64. The summed E-state index contributed by atoms with van der Waals surface area (Å²) in [4.78, 5) is 13.0. The topological polar surface area (TPSA) is 30.2 Å². The van der Waals surface area contributed by atoms with Crippen molar-refractivity contribution in [2.45, 2.75) is 20.8 Å². The molecule has 2 rings (SSSR count). The van der Waals surface area contributed by atoms with Crippen LogP contribution < -0.4 is 0 Å². The summed E-state index contributed by atoms with van der Waals surface area (Å²) in [6, 6.07) is 1.88. The Bertz CT molecular complexity index is 551.